The fraction of sp³-hybridized carbons (Fsp3) is 0.308. The average Bonchev–Trinajstić information content (AvgIpc) is 2.43. The van der Waals surface area contributed by atoms with E-state index < -0.39 is 0 Å². The highest BCUT2D eigenvalue weighted by atomic mass is 79.9. The van der Waals surface area contributed by atoms with Gasteiger partial charge in [0.15, 0.2) is 5.96 Å². The molecule has 4 N–H and O–H groups in total. The van der Waals surface area contributed by atoms with Crippen LogP contribution in [0.1, 0.15) is 23.6 Å². The normalized spacial score (nSPS) is 18.8. The summed E-state index contributed by atoms with van der Waals surface area (Å²) in [6.07, 6.45) is 0.297. The molecule has 0 fully saturated rings. The molecule has 0 aromatic heterocycles. The molecule has 7 heteroatoms. The lowest BCUT2D eigenvalue weighted by molar-refractivity contribution is -0.127. The molecule has 0 spiro atoms. The number of halogens is 1. The van der Waals surface area contributed by atoms with Crippen LogP contribution in [0, 0.1) is 5.41 Å². The number of carbonyl (C=O) groups is 1. The molecule has 0 aliphatic carbocycles. The number of amides is 1. The summed E-state index contributed by atoms with van der Waals surface area (Å²) in [6.45, 7) is 0. The zero-order valence-electron chi connectivity index (χ0n) is 11.3. The van der Waals surface area contributed by atoms with Crippen LogP contribution in [0.5, 0.6) is 0 Å². The van der Waals surface area contributed by atoms with Crippen molar-refractivity contribution in [1.29, 1.82) is 5.41 Å². The molecule has 0 radical (unpaired) electrons. The first-order chi connectivity index (χ1) is 9.43. The van der Waals surface area contributed by atoms with Crippen LogP contribution < -0.4 is 11.1 Å². The number of hydrogen-bond donors (Lipinski definition) is 3. The molecule has 1 aromatic rings. The molecule has 1 aliphatic rings. The van der Waals surface area contributed by atoms with E-state index in [4.69, 9.17) is 11.1 Å². The van der Waals surface area contributed by atoms with Gasteiger partial charge in [0.1, 0.15) is 4.62 Å². The van der Waals surface area contributed by atoms with Gasteiger partial charge in [-0.1, -0.05) is 6.07 Å². The maximum absolute atomic E-state index is 11.8. The second kappa shape index (κ2) is 5.62. The number of guanidine groups is 1. The van der Waals surface area contributed by atoms with Crippen LogP contribution in [0.25, 0.3) is 0 Å². The summed E-state index contributed by atoms with van der Waals surface area (Å²) in [6, 6.07) is 5.31. The van der Waals surface area contributed by atoms with E-state index in [0.29, 0.717) is 11.0 Å². The van der Waals surface area contributed by atoms with Crippen LogP contribution in [0.3, 0.4) is 0 Å². The fourth-order valence-electron chi connectivity index (χ4n) is 2.08. The molecular formula is C13H16BrN5O. The lowest BCUT2D eigenvalue weighted by atomic mass is 10.00. The van der Waals surface area contributed by atoms with E-state index in [-0.39, 0.29) is 17.9 Å². The number of nitrogens with zero attached hydrogens (tertiary/aromatic N) is 2. The molecule has 1 aromatic carbocycles. The van der Waals surface area contributed by atoms with Crippen LogP contribution in [-0.4, -0.2) is 35.5 Å². The van der Waals surface area contributed by atoms with Gasteiger partial charge in [0.2, 0.25) is 5.91 Å². The first-order valence-electron chi connectivity index (χ1n) is 6.10. The summed E-state index contributed by atoms with van der Waals surface area (Å²) in [4.78, 5) is 17.5. The van der Waals surface area contributed by atoms with Crippen molar-refractivity contribution in [2.45, 2.75) is 12.5 Å². The largest absolute Gasteiger partial charge is 0.388 e. The second-order valence-corrected chi connectivity index (χ2v) is 5.32. The second-order valence-electron chi connectivity index (χ2n) is 4.53. The monoisotopic (exact) mass is 337 g/mol. The Hall–Kier alpha value is -1.89. The number of aliphatic imine (C=N–C) groups is 1. The Labute approximate surface area is 125 Å². The minimum atomic E-state index is -0.274. The zero-order chi connectivity index (χ0) is 14.9. The summed E-state index contributed by atoms with van der Waals surface area (Å²) in [7, 11) is 3.40. The van der Waals surface area contributed by atoms with Gasteiger partial charge in [-0.15, -0.1) is 0 Å². The van der Waals surface area contributed by atoms with Gasteiger partial charge in [-0.3, -0.25) is 15.1 Å². The van der Waals surface area contributed by atoms with Gasteiger partial charge in [0.25, 0.3) is 0 Å². The van der Waals surface area contributed by atoms with Crippen molar-refractivity contribution in [2.75, 3.05) is 19.4 Å². The summed E-state index contributed by atoms with van der Waals surface area (Å²) >= 11 is 3.16. The smallest absolute Gasteiger partial charge is 0.231 e. The third-order valence-electron chi connectivity index (χ3n) is 3.31. The summed E-state index contributed by atoms with van der Waals surface area (Å²) in [5.74, 6) is 0.181. The summed E-state index contributed by atoms with van der Waals surface area (Å²) < 4.78 is 0.302. The van der Waals surface area contributed by atoms with Gasteiger partial charge in [0, 0.05) is 25.3 Å². The van der Waals surface area contributed by atoms with Gasteiger partial charge in [-0.25, -0.2) is 4.99 Å². The topological polar surface area (TPSA) is 94.6 Å². The van der Waals surface area contributed by atoms with Crippen molar-refractivity contribution >= 4 is 38.1 Å². The van der Waals surface area contributed by atoms with Gasteiger partial charge < -0.3 is 11.1 Å². The number of nitrogens with one attached hydrogen (secondary N) is 2. The molecule has 0 saturated heterocycles. The lowest BCUT2D eigenvalue weighted by Gasteiger charge is -2.26. The minimum Gasteiger partial charge on any atom is -0.388 e. The number of anilines is 1. The average molecular weight is 338 g/mol. The van der Waals surface area contributed by atoms with Crippen molar-refractivity contribution in [2.24, 2.45) is 10.7 Å². The van der Waals surface area contributed by atoms with Gasteiger partial charge >= 0.3 is 0 Å². The molecule has 1 amide bonds. The van der Waals surface area contributed by atoms with E-state index in [1.807, 2.05) is 18.2 Å². The minimum absolute atomic E-state index is 0.0502. The van der Waals surface area contributed by atoms with Crippen molar-refractivity contribution in [1.82, 2.24) is 4.90 Å². The van der Waals surface area contributed by atoms with Crippen molar-refractivity contribution in [3.05, 3.63) is 29.3 Å². The Morgan fingerprint density at radius 3 is 2.85 bits per heavy atom. The fourth-order valence-corrected chi connectivity index (χ4v) is 2.43. The number of rotatable bonds is 3. The summed E-state index contributed by atoms with van der Waals surface area (Å²) in [5, 5.41) is 10.7. The molecule has 0 saturated carbocycles. The molecule has 106 valence electrons. The van der Waals surface area contributed by atoms with E-state index in [0.717, 1.165) is 16.8 Å². The van der Waals surface area contributed by atoms with Gasteiger partial charge in [0.05, 0.1) is 12.5 Å². The van der Waals surface area contributed by atoms with Crippen LogP contribution in [0.2, 0.25) is 0 Å². The lowest BCUT2D eigenvalue weighted by Crippen LogP contribution is -2.42. The molecular weight excluding hydrogens is 322 g/mol. The Morgan fingerprint density at radius 2 is 2.30 bits per heavy atom. The van der Waals surface area contributed by atoms with Crippen LogP contribution in [0.4, 0.5) is 5.69 Å². The van der Waals surface area contributed by atoms with E-state index in [2.05, 4.69) is 26.2 Å². The van der Waals surface area contributed by atoms with Crippen molar-refractivity contribution < 1.29 is 4.79 Å². The first kappa shape index (κ1) is 14.5. The Balaban J connectivity index is 2.39. The zero-order valence-corrected chi connectivity index (χ0v) is 12.9. The SMILES string of the molecule is CNc1cc([C@@H]2CC(=O)N(C)C(N)=N2)ccc1C(=N)Br. The van der Waals surface area contributed by atoms with Crippen molar-refractivity contribution in [3.8, 4) is 0 Å². The molecule has 0 bridgehead atoms. The van der Waals surface area contributed by atoms with E-state index >= 15 is 0 Å². The third-order valence-corrected chi connectivity index (χ3v) is 3.74. The molecule has 1 aliphatic heterocycles. The highest BCUT2D eigenvalue weighted by molar-refractivity contribution is 9.18. The number of carbonyl (C=O) groups excluding carboxylic acids is 1. The first-order valence-corrected chi connectivity index (χ1v) is 6.89. The number of benzene rings is 1. The highest BCUT2D eigenvalue weighted by Gasteiger charge is 2.26. The maximum Gasteiger partial charge on any atom is 0.231 e. The van der Waals surface area contributed by atoms with E-state index in [9.17, 15) is 4.79 Å². The predicted octanol–water partition coefficient (Wildman–Crippen LogP) is 1.67. The summed E-state index contributed by atoms with van der Waals surface area (Å²) in [5.41, 5.74) is 8.21. The molecule has 0 unspecified atom stereocenters. The predicted molar refractivity (Wildman–Crippen MR) is 83.5 cm³/mol. The quantitative estimate of drug-likeness (QED) is 0.732. The molecule has 20 heavy (non-hydrogen) atoms. The number of nitrogens with two attached hydrogens (primary N) is 1. The molecule has 2 rings (SSSR count). The van der Waals surface area contributed by atoms with Gasteiger partial charge in [-0.05, 0) is 33.6 Å². The standard InChI is InChI=1S/C13H16BrN5O/c1-17-10-5-7(3-4-8(10)12(14)15)9-6-11(20)19(2)13(16)18-9/h3-5,9,15,17H,6H2,1-2H3,(H2,16,18)/t9-/m0/s1. The van der Waals surface area contributed by atoms with Crippen LogP contribution in [0.15, 0.2) is 23.2 Å². The third kappa shape index (κ3) is 2.67. The van der Waals surface area contributed by atoms with Crippen molar-refractivity contribution in [3.63, 3.8) is 0 Å². The molecule has 1 heterocycles. The van der Waals surface area contributed by atoms with Crippen LogP contribution in [-0.2, 0) is 4.79 Å². The Bertz CT molecular complexity index is 598. The molecule has 6 nitrogen and oxygen atoms in total. The van der Waals surface area contributed by atoms with Crippen LogP contribution >= 0.6 is 15.9 Å². The highest BCUT2D eigenvalue weighted by Crippen LogP contribution is 2.29. The Morgan fingerprint density at radius 1 is 1.60 bits per heavy atom. The Kier molecular flexibility index (Phi) is 4.08. The number of hydrogen-bond acceptors (Lipinski definition) is 5. The maximum atomic E-state index is 11.8. The molecule has 1 atom stereocenters. The van der Waals surface area contributed by atoms with Gasteiger partial charge in [-0.2, -0.15) is 0 Å². The van der Waals surface area contributed by atoms with E-state index in [1.165, 1.54) is 4.90 Å². The van der Waals surface area contributed by atoms with E-state index in [1.54, 1.807) is 14.1 Å².